The molecule has 3 rings (SSSR count). The monoisotopic (exact) mass is 447 g/mol. The van der Waals surface area contributed by atoms with Crippen molar-refractivity contribution in [3.63, 3.8) is 0 Å². The maximum absolute atomic E-state index is 13.3. The molecule has 0 aromatic heterocycles. The van der Waals surface area contributed by atoms with Crippen molar-refractivity contribution in [2.45, 2.75) is 48.0 Å². The summed E-state index contributed by atoms with van der Waals surface area (Å²) in [5.74, 6) is -2.11. The van der Waals surface area contributed by atoms with E-state index in [4.69, 9.17) is 0 Å². The summed E-state index contributed by atoms with van der Waals surface area (Å²) < 4.78 is 70.6. The predicted octanol–water partition coefficient (Wildman–Crippen LogP) is 1.99. The Morgan fingerprint density at radius 1 is 1.17 bits per heavy atom. The number of ketones is 1. The van der Waals surface area contributed by atoms with E-state index in [2.05, 4.69) is 4.74 Å². The van der Waals surface area contributed by atoms with Crippen molar-refractivity contribution in [2.24, 2.45) is 5.92 Å². The van der Waals surface area contributed by atoms with Gasteiger partial charge in [-0.3, -0.25) is 9.59 Å². The molecule has 1 saturated carbocycles. The Hall–Kier alpha value is -2.43. The van der Waals surface area contributed by atoms with Crippen LogP contribution in [0.5, 0.6) is 0 Å². The third kappa shape index (κ3) is 4.35. The van der Waals surface area contributed by atoms with E-state index in [1.807, 2.05) is 0 Å². The van der Waals surface area contributed by atoms with Gasteiger partial charge in [-0.15, -0.1) is 0 Å². The van der Waals surface area contributed by atoms with Gasteiger partial charge in [-0.25, -0.2) is 13.2 Å². The summed E-state index contributed by atoms with van der Waals surface area (Å²) in [5.41, 5.74) is -1.31. The largest absolute Gasteiger partial charge is 0.467 e. The van der Waals surface area contributed by atoms with Gasteiger partial charge in [0.25, 0.3) is 0 Å². The van der Waals surface area contributed by atoms with E-state index < -0.39 is 69.0 Å². The third-order valence-electron chi connectivity index (χ3n) is 5.35. The van der Waals surface area contributed by atoms with Crippen LogP contribution in [0.25, 0.3) is 0 Å². The van der Waals surface area contributed by atoms with Crippen molar-refractivity contribution in [3.05, 3.63) is 29.8 Å². The minimum absolute atomic E-state index is 0.202. The van der Waals surface area contributed by atoms with Gasteiger partial charge in [0.15, 0.2) is 9.84 Å². The van der Waals surface area contributed by atoms with Crippen LogP contribution in [-0.2, 0) is 35.1 Å². The molecule has 0 bridgehead atoms. The van der Waals surface area contributed by atoms with Gasteiger partial charge >= 0.3 is 12.1 Å². The van der Waals surface area contributed by atoms with Crippen molar-refractivity contribution in [1.82, 2.24) is 4.90 Å². The Bertz CT molecular complexity index is 971. The van der Waals surface area contributed by atoms with Gasteiger partial charge < -0.3 is 9.64 Å². The molecule has 7 nitrogen and oxygen atoms in total. The fourth-order valence-corrected chi connectivity index (χ4v) is 5.50. The van der Waals surface area contributed by atoms with Gasteiger partial charge in [-0.05, 0) is 31.4 Å². The Kier molecular flexibility index (Phi) is 5.94. The van der Waals surface area contributed by atoms with Gasteiger partial charge in [-0.1, -0.05) is 12.1 Å². The van der Waals surface area contributed by atoms with Crippen molar-refractivity contribution < 1.29 is 40.7 Å². The lowest BCUT2D eigenvalue weighted by molar-refractivity contribution is -0.151. The minimum Gasteiger partial charge on any atom is -0.467 e. The molecule has 164 valence electrons. The number of benzene rings is 1. The van der Waals surface area contributed by atoms with Crippen molar-refractivity contribution >= 4 is 27.5 Å². The maximum Gasteiger partial charge on any atom is 0.417 e. The lowest BCUT2D eigenvalue weighted by Crippen LogP contribution is -2.42. The molecule has 0 spiro atoms. The van der Waals surface area contributed by atoms with Gasteiger partial charge in [0.2, 0.25) is 5.91 Å². The molecule has 1 saturated heterocycles. The first-order valence-electron chi connectivity index (χ1n) is 9.27. The van der Waals surface area contributed by atoms with Crippen LogP contribution in [-0.4, -0.2) is 55.9 Å². The summed E-state index contributed by atoms with van der Waals surface area (Å²) >= 11 is 0. The normalized spacial score (nSPS) is 22.1. The minimum atomic E-state index is -4.89. The maximum atomic E-state index is 13.3. The van der Waals surface area contributed by atoms with E-state index in [1.165, 1.54) is 6.07 Å². The van der Waals surface area contributed by atoms with Crippen LogP contribution in [0, 0.1) is 5.92 Å². The average Bonchev–Trinajstić information content (AvgIpc) is 3.44. The first-order chi connectivity index (χ1) is 14.0. The van der Waals surface area contributed by atoms with Crippen LogP contribution >= 0.6 is 0 Å². The summed E-state index contributed by atoms with van der Waals surface area (Å²) in [4.78, 5) is 36.7. The van der Waals surface area contributed by atoms with Gasteiger partial charge in [-0.2, -0.15) is 13.2 Å². The number of rotatable bonds is 6. The van der Waals surface area contributed by atoms with Crippen LogP contribution < -0.4 is 0 Å². The van der Waals surface area contributed by atoms with Crippen LogP contribution in [0.15, 0.2) is 29.2 Å². The highest BCUT2D eigenvalue weighted by molar-refractivity contribution is 7.92. The molecule has 1 aromatic rings. The second-order valence-corrected chi connectivity index (χ2v) is 9.60. The number of hydrogen-bond acceptors (Lipinski definition) is 6. The van der Waals surface area contributed by atoms with Crippen LogP contribution in [0.4, 0.5) is 13.2 Å². The molecule has 0 N–H and O–H groups in total. The number of nitrogens with zero attached hydrogens (tertiary/aromatic N) is 1. The number of esters is 1. The molecule has 2 unspecified atom stereocenters. The fraction of sp³-hybridized carbons (Fsp3) is 0.526. The molecule has 0 radical (unpaired) electrons. The first kappa shape index (κ1) is 22.3. The number of carbonyl (C=O) groups is 3. The van der Waals surface area contributed by atoms with Gasteiger partial charge in [0.05, 0.1) is 29.2 Å². The zero-order valence-electron chi connectivity index (χ0n) is 16.0. The van der Waals surface area contributed by atoms with E-state index in [0.29, 0.717) is 18.9 Å². The van der Waals surface area contributed by atoms with Crippen molar-refractivity contribution in [1.29, 1.82) is 0 Å². The van der Waals surface area contributed by atoms with Gasteiger partial charge in [0.1, 0.15) is 11.8 Å². The molecule has 30 heavy (non-hydrogen) atoms. The molecule has 1 aromatic carbocycles. The number of carbonyl (C=O) groups excluding carboxylic acids is 3. The molecule has 1 heterocycles. The first-order valence-corrected chi connectivity index (χ1v) is 10.8. The van der Waals surface area contributed by atoms with E-state index in [9.17, 15) is 36.0 Å². The standard InChI is InChI=1S/C19H20F3NO6S/c1-29-18(26)14-8-12(10-23(14)17(25)9-15(24)11-6-7-11)30(27,28)16-5-3-2-4-13(16)19(20,21)22/h2-5,11-12,14H,6-10H2,1H3. The zero-order chi connectivity index (χ0) is 22.3. The smallest absolute Gasteiger partial charge is 0.417 e. The van der Waals surface area contributed by atoms with Gasteiger partial charge in [0, 0.05) is 12.5 Å². The van der Waals surface area contributed by atoms with Crippen molar-refractivity contribution in [2.75, 3.05) is 13.7 Å². The van der Waals surface area contributed by atoms with Crippen LogP contribution in [0.1, 0.15) is 31.2 Å². The highest BCUT2D eigenvalue weighted by Gasteiger charge is 2.48. The number of Topliss-reactive ketones (excluding diaryl/α,β-unsaturated/α-hetero) is 1. The molecule has 2 atom stereocenters. The molecule has 1 aliphatic heterocycles. The number of amides is 1. The van der Waals surface area contributed by atoms with Crippen molar-refractivity contribution in [3.8, 4) is 0 Å². The Labute approximate surface area is 171 Å². The second-order valence-electron chi connectivity index (χ2n) is 7.40. The molecule has 2 fully saturated rings. The zero-order valence-corrected chi connectivity index (χ0v) is 16.8. The molecule has 2 aliphatic rings. The average molecular weight is 447 g/mol. The summed E-state index contributed by atoms with van der Waals surface area (Å²) in [6.45, 7) is -0.495. The number of sulfone groups is 1. The van der Waals surface area contributed by atoms with Crippen LogP contribution in [0.3, 0.4) is 0 Å². The summed E-state index contributed by atoms with van der Waals surface area (Å²) in [6.07, 6.45) is -4.43. The lowest BCUT2D eigenvalue weighted by atomic mass is 10.1. The predicted molar refractivity (Wildman–Crippen MR) is 96.9 cm³/mol. The fourth-order valence-electron chi connectivity index (χ4n) is 3.59. The summed E-state index contributed by atoms with van der Waals surface area (Å²) in [6, 6.07) is 2.48. The van der Waals surface area contributed by atoms with Crippen LogP contribution in [0.2, 0.25) is 0 Å². The van der Waals surface area contributed by atoms with E-state index >= 15 is 0 Å². The summed E-state index contributed by atoms with van der Waals surface area (Å²) in [7, 11) is -3.48. The van der Waals surface area contributed by atoms with E-state index in [1.54, 1.807) is 0 Å². The number of methoxy groups -OCH3 is 1. The molecule has 11 heteroatoms. The Balaban J connectivity index is 1.90. The third-order valence-corrected chi connectivity index (χ3v) is 7.54. The Morgan fingerprint density at radius 3 is 2.37 bits per heavy atom. The second kappa shape index (κ2) is 8.01. The molecule has 1 aliphatic carbocycles. The number of ether oxygens (including phenoxy) is 1. The number of likely N-dealkylation sites (tertiary alicyclic amines) is 1. The molecular formula is C19H20F3NO6S. The lowest BCUT2D eigenvalue weighted by Gasteiger charge is -2.22. The highest BCUT2D eigenvalue weighted by atomic mass is 32.2. The number of halogens is 3. The summed E-state index contributed by atoms with van der Waals surface area (Å²) in [5, 5.41) is -1.44. The van der Waals surface area contributed by atoms with E-state index in [0.717, 1.165) is 24.1 Å². The topological polar surface area (TPSA) is 97.8 Å². The highest BCUT2D eigenvalue weighted by Crippen LogP contribution is 2.38. The molecule has 1 amide bonds. The number of hydrogen-bond donors (Lipinski definition) is 0. The number of alkyl halides is 3. The molecular weight excluding hydrogens is 427 g/mol. The quantitative estimate of drug-likeness (QED) is 0.489. The van der Waals surface area contributed by atoms with E-state index in [-0.39, 0.29) is 11.7 Å². The Morgan fingerprint density at radius 2 is 1.80 bits per heavy atom. The SMILES string of the molecule is COC(=O)C1CC(S(=O)(=O)c2ccccc2C(F)(F)F)CN1C(=O)CC(=O)C1CC1.